The molecule has 0 aliphatic rings. The fourth-order valence-corrected chi connectivity index (χ4v) is 2.29. The lowest BCUT2D eigenvalue weighted by atomic mass is 10.1. The first-order valence-electron chi connectivity index (χ1n) is 8.02. The van der Waals surface area contributed by atoms with Gasteiger partial charge in [-0.05, 0) is 37.6 Å². The summed E-state index contributed by atoms with van der Waals surface area (Å²) in [4.78, 5) is 16.5. The van der Waals surface area contributed by atoms with Crippen LogP contribution in [0.3, 0.4) is 0 Å². The molecule has 1 N–H and O–H groups in total. The Morgan fingerprint density at radius 2 is 1.96 bits per heavy atom. The molecule has 0 radical (unpaired) electrons. The average Bonchev–Trinajstić information content (AvgIpc) is 3.09. The Labute approximate surface area is 146 Å². The summed E-state index contributed by atoms with van der Waals surface area (Å²) in [6.45, 7) is 3.83. The van der Waals surface area contributed by atoms with Gasteiger partial charge < -0.3 is 10.1 Å². The van der Waals surface area contributed by atoms with E-state index in [1.54, 1.807) is 43.2 Å². The minimum Gasteiger partial charge on any atom is -0.460 e. The number of carbonyl (C=O) groups excluding carboxylic acids is 1. The number of nitrogens with zero attached hydrogens (tertiary/aromatic N) is 3. The highest BCUT2D eigenvalue weighted by Gasteiger charge is 2.30. The quantitative estimate of drug-likeness (QED) is 0.751. The summed E-state index contributed by atoms with van der Waals surface area (Å²) in [6, 6.07) is 15.2. The first-order valence-corrected chi connectivity index (χ1v) is 8.02. The lowest BCUT2D eigenvalue weighted by molar-refractivity contribution is -0.134. The number of carbonyl (C=O) groups is 1. The second-order valence-electron chi connectivity index (χ2n) is 6.09. The number of para-hydroxylation sites is 1. The van der Waals surface area contributed by atoms with Crippen LogP contribution in [0, 0.1) is 0 Å². The summed E-state index contributed by atoms with van der Waals surface area (Å²) in [5.74, 6) is 0.177. The first kappa shape index (κ1) is 16.7. The number of ether oxygens (including phenoxy) is 1. The van der Waals surface area contributed by atoms with E-state index in [0.29, 0.717) is 12.4 Å². The highest BCUT2D eigenvalue weighted by Crippen LogP contribution is 2.18. The maximum Gasteiger partial charge on any atom is 0.263 e. The van der Waals surface area contributed by atoms with Crippen LogP contribution in [-0.2, 0) is 11.3 Å². The normalized spacial score (nSPS) is 11.1. The summed E-state index contributed by atoms with van der Waals surface area (Å²) in [5, 5.41) is 7.23. The van der Waals surface area contributed by atoms with Crippen LogP contribution in [0.1, 0.15) is 19.4 Å². The third-order valence-corrected chi connectivity index (χ3v) is 3.67. The third-order valence-electron chi connectivity index (χ3n) is 3.67. The zero-order valence-electron chi connectivity index (χ0n) is 14.2. The molecule has 0 aliphatic heterocycles. The third kappa shape index (κ3) is 4.23. The Kier molecular flexibility index (Phi) is 4.79. The number of pyridine rings is 1. The van der Waals surface area contributed by atoms with Gasteiger partial charge in [0, 0.05) is 31.2 Å². The van der Waals surface area contributed by atoms with Gasteiger partial charge in [0.1, 0.15) is 0 Å². The molecule has 25 heavy (non-hydrogen) atoms. The number of benzene rings is 1. The van der Waals surface area contributed by atoms with Gasteiger partial charge in [-0.1, -0.05) is 24.3 Å². The molecule has 0 unspecified atom stereocenters. The molecular weight excluding hydrogens is 316 g/mol. The van der Waals surface area contributed by atoms with Crippen molar-refractivity contribution in [2.24, 2.45) is 0 Å². The number of aromatic nitrogens is 3. The molecule has 1 aromatic carbocycles. The van der Waals surface area contributed by atoms with Crippen molar-refractivity contribution in [1.82, 2.24) is 20.1 Å². The summed E-state index contributed by atoms with van der Waals surface area (Å²) in [6.07, 6.45) is 5.21. The monoisotopic (exact) mass is 336 g/mol. The number of nitrogens with one attached hydrogen (secondary N) is 1. The molecule has 3 rings (SSSR count). The van der Waals surface area contributed by atoms with Crippen LogP contribution in [0.2, 0.25) is 0 Å². The van der Waals surface area contributed by atoms with Gasteiger partial charge in [0.15, 0.2) is 5.60 Å². The molecule has 1 amide bonds. The van der Waals surface area contributed by atoms with E-state index in [9.17, 15) is 4.79 Å². The molecule has 128 valence electrons. The first-order chi connectivity index (χ1) is 12.0. The van der Waals surface area contributed by atoms with Crippen molar-refractivity contribution in [3.05, 3.63) is 72.7 Å². The lowest BCUT2D eigenvalue weighted by Crippen LogP contribution is -2.46. The van der Waals surface area contributed by atoms with E-state index in [2.05, 4.69) is 15.4 Å². The predicted molar refractivity (Wildman–Crippen MR) is 94.4 cm³/mol. The Bertz CT molecular complexity index is 829. The fourth-order valence-electron chi connectivity index (χ4n) is 2.29. The minimum atomic E-state index is -1.04. The van der Waals surface area contributed by atoms with Gasteiger partial charge in [-0.25, -0.2) is 4.68 Å². The number of hydrogen-bond acceptors (Lipinski definition) is 4. The number of rotatable bonds is 6. The summed E-state index contributed by atoms with van der Waals surface area (Å²) >= 11 is 0. The van der Waals surface area contributed by atoms with Crippen molar-refractivity contribution < 1.29 is 9.53 Å². The maximum absolute atomic E-state index is 12.4. The molecule has 6 nitrogen and oxygen atoms in total. The van der Waals surface area contributed by atoms with Crippen LogP contribution in [0.25, 0.3) is 5.69 Å². The number of amides is 1. The smallest absolute Gasteiger partial charge is 0.263 e. The van der Waals surface area contributed by atoms with E-state index in [1.165, 1.54) is 0 Å². The van der Waals surface area contributed by atoms with Gasteiger partial charge in [-0.3, -0.25) is 9.78 Å². The van der Waals surface area contributed by atoms with E-state index in [0.717, 1.165) is 11.3 Å². The van der Waals surface area contributed by atoms with E-state index in [-0.39, 0.29) is 5.91 Å². The van der Waals surface area contributed by atoms with Crippen molar-refractivity contribution >= 4 is 5.91 Å². The van der Waals surface area contributed by atoms with Crippen molar-refractivity contribution in [3.8, 4) is 11.6 Å². The highest BCUT2D eigenvalue weighted by molar-refractivity contribution is 5.84. The molecule has 6 heteroatoms. The van der Waals surface area contributed by atoms with Crippen LogP contribution < -0.4 is 10.1 Å². The van der Waals surface area contributed by atoms with Gasteiger partial charge in [-0.2, -0.15) is 0 Å². The van der Waals surface area contributed by atoms with Crippen molar-refractivity contribution in [3.63, 3.8) is 0 Å². The molecule has 0 saturated heterocycles. The molecule has 3 aromatic rings. The van der Waals surface area contributed by atoms with Gasteiger partial charge in [0.25, 0.3) is 5.91 Å². The van der Waals surface area contributed by atoms with Crippen LogP contribution in [0.5, 0.6) is 5.88 Å². The molecule has 0 spiro atoms. The molecule has 0 fully saturated rings. The summed E-state index contributed by atoms with van der Waals surface area (Å²) in [7, 11) is 0. The van der Waals surface area contributed by atoms with E-state index in [1.807, 2.05) is 42.5 Å². The maximum atomic E-state index is 12.4. The van der Waals surface area contributed by atoms with Gasteiger partial charge in [0.05, 0.1) is 5.69 Å². The van der Waals surface area contributed by atoms with E-state index in [4.69, 9.17) is 4.74 Å². The number of hydrogen-bond donors (Lipinski definition) is 1. The zero-order chi connectivity index (χ0) is 17.7. The zero-order valence-corrected chi connectivity index (χ0v) is 14.2. The average molecular weight is 336 g/mol. The molecule has 2 aromatic heterocycles. The molecule has 0 saturated carbocycles. The molecule has 0 aliphatic carbocycles. The molecular formula is C19H20N4O2. The Morgan fingerprint density at radius 1 is 1.16 bits per heavy atom. The minimum absolute atomic E-state index is 0.217. The van der Waals surface area contributed by atoms with Crippen molar-refractivity contribution in [2.45, 2.75) is 26.0 Å². The van der Waals surface area contributed by atoms with Crippen molar-refractivity contribution in [1.29, 1.82) is 0 Å². The van der Waals surface area contributed by atoms with Crippen LogP contribution in [0.4, 0.5) is 0 Å². The van der Waals surface area contributed by atoms with Crippen molar-refractivity contribution in [2.75, 3.05) is 0 Å². The van der Waals surface area contributed by atoms with Crippen LogP contribution >= 0.6 is 0 Å². The van der Waals surface area contributed by atoms with Gasteiger partial charge in [0.2, 0.25) is 5.88 Å². The predicted octanol–water partition coefficient (Wildman–Crippen LogP) is 2.74. The van der Waals surface area contributed by atoms with Gasteiger partial charge >= 0.3 is 0 Å². The van der Waals surface area contributed by atoms with Gasteiger partial charge in [-0.15, -0.1) is 5.10 Å². The molecule has 2 heterocycles. The second kappa shape index (κ2) is 7.17. The highest BCUT2D eigenvalue weighted by atomic mass is 16.5. The topological polar surface area (TPSA) is 69.0 Å². The van der Waals surface area contributed by atoms with Crippen LogP contribution in [0.15, 0.2) is 67.1 Å². The fraction of sp³-hybridized carbons (Fsp3) is 0.211. The lowest BCUT2D eigenvalue weighted by Gasteiger charge is -2.23. The largest absolute Gasteiger partial charge is 0.460 e. The Balaban J connectivity index is 1.63. The Hall–Kier alpha value is -3.15. The SMILES string of the molecule is CC(C)(Oc1ccn(-c2ccccc2)n1)C(=O)NCc1cccnc1. The Morgan fingerprint density at radius 3 is 2.68 bits per heavy atom. The molecule has 0 bridgehead atoms. The van der Waals surface area contributed by atoms with E-state index < -0.39 is 5.60 Å². The molecule has 0 atom stereocenters. The second-order valence-corrected chi connectivity index (χ2v) is 6.09. The standard InChI is InChI=1S/C19H20N4O2/c1-19(2,18(24)21-14-15-7-6-11-20-13-15)25-17-10-12-23(22-17)16-8-4-3-5-9-16/h3-13H,14H2,1-2H3,(H,21,24). The van der Waals surface area contributed by atoms with Crippen LogP contribution in [-0.4, -0.2) is 26.3 Å². The van der Waals surface area contributed by atoms with E-state index >= 15 is 0 Å². The summed E-state index contributed by atoms with van der Waals surface area (Å²) in [5.41, 5.74) is 0.814. The summed E-state index contributed by atoms with van der Waals surface area (Å²) < 4.78 is 7.50.